The van der Waals surface area contributed by atoms with Crippen LogP contribution >= 0.6 is 0 Å². The molecule has 4 heteroatoms. The lowest BCUT2D eigenvalue weighted by Crippen LogP contribution is -2.26. The van der Waals surface area contributed by atoms with E-state index in [2.05, 4.69) is 5.32 Å². The fourth-order valence-corrected chi connectivity index (χ4v) is 1.20. The van der Waals surface area contributed by atoms with E-state index >= 15 is 0 Å². The normalized spacial score (nSPS) is 13.2. The van der Waals surface area contributed by atoms with Crippen molar-refractivity contribution in [3.8, 4) is 0 Å². The monoisotopic (exact) mass is 188 g/mol. The molecular formula is C9H24N4. The minimum atomic E-state index is 0.279. The molecule has 13 heavy (non-hydrogen) atoms. The van der Waals surface area contributed by atoms with Gasteiger partial charge in [-0.25, -0.2) is 0 Å². The second kappa shape index (κ2) is 9.92. The van der Waals surface area contributed by atoms with Crippen molar-refractivity contribution in [2.24, 2.45) is 17.2 Å². The lowest BCUT2D eigenvalue weighted by molar-refractivity contribution is 0.526. The number of nitrogens with two attached hydrogens (primary N) is 3. The molecule has 0 spiro atoms. The zero-order chi connectivity index (χ0) is 9.94. The Morgan fingerprint density at radius 3 is 2.23 bits per heavy atom. The Bertz CT molecular complexity index is 97.6. The highest BCUT2D eigenvalue weighted by atomic mass is 14.8. The van der Waals surface area contributed by atoms with E-state index in [1.807, 2.05) is 0 Å². The molecule has 7 N–H and O–H groups in total. The molecule has 1 atom stereocenters. The smallest absolute Gasteiger partial charge is 0.00513 e. The second-order valence-corrected chi connectivity index (χ2v) is 3.37. The Hall–Kier alpha value is -0.160. The van der Waals surface area contributed by atoms with E-state index in [9.17, 15) is 0 Å². The topological polar surface area (TPSA) is 90.1 Å². The molecule has 0 saturated heterocycles. The maximum absolute atomic E-state index is 5.80. The lowest BCUT2D eigenvalue weighted by Gasteiger charge is -2.09. The zero-order valence-corrected chi connectivity index (χ0v) is 8.47. The molecule has 4 nitrogen and oxygen atoms in total. The lowest BCUT2D eigenvalue weighted by atomic mass is 10.1. The first kappa shape index (κ1) is 12.8. The van der Waals surface area contributed by atoms with Crippen molar-refractivity contribution in [3.05, 3.63) is 0 Å². The Morgan fingerprint density at radius 1 is 0.923 bits per heavy atom. The summed E-state index contributed by atoms with van der Waals surface area (Å²) in [6, 6.07) is 0.279. The van der Waals surface area contributed by atoms with E-state index in [4.69, 9.17) is 17.2 Å². The summed E-state index contributed by atoms with van der Waals surface area (Å²) in [5.74, 6) is 0. The van der Waals surface area contributed by atoms with Gasteiger partial charge in [-0.3, -0.25) is 0 Å². The molecule has 0 bridgehead atoms. The molecule has 1 unspecified atom stereocenters. The predicted octanol–water partition coefficient (Wildman–Crippen LogP) is -0.619. The van der Waals surface area contributed by atoms with Gasteiger partial charge in [-0.1, -0.05) is 0 Å². The third-order valence-electron chi connectivity index (χ3n) is 2.02. The molecule has 0 saturated carbocycles. The van der Waals surface area contributed by atoms with Gasteiger partial charge in [0.15, 0.2) is 0 Å². The van der Waals surface area contributed by atoms with E-state index in [1.54, 1.807) is 0 Å². The number of hydrogen-bond acceptors (Lipinski definition) is 4. The zero-order valence-electron chi connectivity index (χ0n) is 8.47. The fraction of sp³-hybridized carbons (Fsp3) is 1.00. The van der Waals surface area contributed by atoms with Gasteiger partial charge < -0.3 is 22.5 Å². The van der Waals surface area contributed by atoms with Crippen LogP contribution < -0.4 is 22.5 Å². The van der Waals surface area contributed by atoms with Crippen molar-refractivity contribution >= 4 is 0 Å². The van der Waals surface area contributed by atoms with Crippen molar-refractivity contribution in [2.75, 3.05) is 26.2 Å². The molecule has 0 heterocycles. The van der Waals surface area contributed by atoms with Crippen molar-refractivity contribution in [3.63, 3.8) is 0 Å². The summed E-state index contributed by atoms with van der Waals surface area (Å²) >= 11 is 0. The summed E-state index contributed by atoms with van der Waals surface area (Å²) in [6.07, 6.45) is 4.18. The van der Waals surface area contributed by atoms with E-state index in [-0.39, 0.29) is 6.04 Å². The first-order valence-electron chi connectivity index (χ1n) is 5.17. The highest BCUT2D eigenvalue weighted by Gasteiger charge is 1.99. The number of hydrogen-bond donors (Lipinski definition) is 4. The van der Waals surface area contributed by atoms with Crippen LogP contribution in [0.25, 0.3) is 0 Å². The molecule has 80 valence electrons. The summed E-state index contributed by atoms with van der Waals surface area (Å²) in [4.78, 5) is 0. The van der Waals surface area contributed by atoms with Crippen LogP contribution in [0.1, 0.15) is 25.7 Å². The van der Waals surface area contributed by atoms with Gasteiger partial charge in [0.1, 0.15) is 0 Å². The molecule has 0 aliphatic rings. The first-order chi connectivity index (χ1) is 6.31. The van der Waals surface area contributed by atoms with Gasteiger partial charge in [-0.2, -0.15) is 0 Å². The van der Waals surface area contributed by atoms with Gasteiger partial charge in [0, 0.05) is 6.04 Å². The quantitative estimate of drug-likeness (QED) is 0.363. The van der Waals surface area contributed by atoms with Gasteiger partial charge in [0.2, 0.25) is 0 Å². The van der Waals surface area contributed by atoms with Crippen molar-refractivity contribution in [2.45, 2.75) is 31.7 Å². The van der Waals surface area contributed by atoms with Crippen molar-refractivity contribution < 1.29 is 0 Å². The fourth-order valence-electron chi connectivity index (χ4n) is 1.20. The predicted molar refractivity (Wildman–Crippen MR) is 57.4 cm³/mol. The van der Waals surface area contributed by atoms with Gasteiger partial charge in [-0.15, -0.1) is 0 Å². The average Bonchev–Trinajstić information content (AvgIpc) is 2.11. The SMILES string of the molecule is NCCCNCCCC(N)CCN. The largest absolute Gasteiger partial charge is 0.330 e. The maximum Gasteiger partial charge on any atom is 0.00513 e. The van der Waals surface area contributed by atoms with Crippen LogP contribution in [0, 0.1) is 0 Å². The second-order valence-electron chi connectivity index (χ2n) is 3.37. The molecule has 0 aromatic rings. The minimum Gasteiger partial charge on any atom is -0.330 e. The molecule has 0 aromatic heterocycles. The third-order valence-corrected chi connectivity index (χ3v) is 2.02. The Kier molecular flexibility index (Phi) is 9.80. The average molecular weight is 188 g/mol. The maximum atomic E-state index is 5.80. The number of rotatable bonds is 9. The standard InChI is InChI=1S/C9H24N4/c10-5-2-8-13-7-1-3-9(12)4-6-11/h9,13H,1-8,10-12H2. The molecule has 0 aromatic carbocycles. The summed E-state index contributed by atoms with van der Waals surface area (Å²) in [5, 5.41) is 3.32. The van der Waals surface area contributed by atoms with Crippen LogP contribution in [0.5, 0.6) is 0 Å². The van der Waals surface area contributed by atoms with E-state index in [0.29, 0.717) is 6.54 Å². The van der Waals surface area contributed by atoms with Crippen LogP contribution in [-0.2, 0) is 0 Å². The minimum absolute atomic E-state index is 0.279. The van der Waals surface area contributed by atoms with Crippen LogP contribution in [0.15, 0.2) is 0 Å². The molecule has 0 radical (unpaired) electrons. The van der Waals surface area contributed by atoms with E-state index in [0.717, 1.165) is 45.3 Å². The highest BCUT2D eigenvalue weighted by molar-refractivity contribution is 4.62. The Morgan fingerprint density at radius 2 is 1.62 bits per heavy atom. The van der Waals surface area contributed by atoms with E-state index < -0.39 is 0 Å². The molecule has 0 amide bonds. The van der Waals surface area contributed by atoms with Crippen LogP contribution in [0.4, 0.5) is 0 Å². The number of nitrogens with one attached hydrogen (secondary N) is 1. The van der Waals surface area contributed by atoms with Gasteiger partial charge in [-0.05, 0) is 51.9 Å². The summed E-state index contributed by atoms with van der Waals surface area (Å²) in [6.45, 7) is 3.52. The van der Waals surface area contributed by atoms with E-state index in [1.165, 1.54) is 0 Å². The molecule has 0 aliphatic carbocycles. The highest BCUT2D eigenvalue weighted by Crippen LogP contribution is 1.96. The summed E-state index contributed by atoms with van der Waals surface area (Å²) in [5.41, 5.74) is 16.5. The van der Waals surface area contributed by atoms with Gasteiger partial charge in [0.25, 0.3) is 0 Å². The summed E-state index contributed by atoms with van der Waals surface area (Å²) in [7, 11) is 0. The Labute approximate surface area is 81.2 Å². The van der Waals surface area contributed by atoms with Crippen LogP contribution in [0.2, 0.25) is 0 Å². The first-order valence-corrected chi connectivity index (χ1v) is 5.17. The molecular weight excluding hydrogens is 164 g/mol. The molecule has 0 rings (SSSR count). The van der Waals surface area contributed by atoms with Crippen molar-refractivity contribution in [1.29, 1.82) is 0 Å². The third kappa shape index (κ3) is 9.76. The molecule has 0 aliphatic heterocycles. The van der Waals surface area contributed by atoms with Gasteiger partial charge in [0.05, 0.1) is 0 Å². The van der Waals surface area contributed by atoms with Crippen LogP contribution in [-0.4, -0.2) is 32.2 Å². The van der Waals surface area contributed by atoms with Gasteiger partial charge >= 0.3 is 0 Å². The van der Waals surface area contributed by atoms with Crippen molar-refractivity contribution in [1.82, 2.24) is 5.32 Å². The molecule has 0 fully saturated rings. The van der Waals surface area contributed by atoms with Crippen LogP contribution in [0.3, 0.4) is 0 Å². The Balaban J connectivity index is 2.97. The summed E-state index contributed by atoms with van der Waals surface area (Å²) < 4.78 is 0.